The molecule has 2 rings (SSSR count). The minimum Gasteiger partial charge on any atom is -0.469 e. The van der Waals surface area contributed by atoms with E-state index in [1.54, 1.807) is 20.8 Å². The molecule has 1 aliphatic heterocycles. The van der Waals surface area contributed by atoms with Gasteiger partial charge in [0, 0.05) is 19.0 Å². The summed E-state index contributed by atoms with van der Waals surface area (Å²) in [5, 5.41) is 0. The maximum atomic E-state index is 13.7. The second-order valence-corrected chi connectivity index (χ2v) is 8.84. The molecular formula is C22H28F3NO6. The molecule has 0 radical (unpaired) electrons. The lowest BCUT2D eigenvalue weighted by Gasteiger charge is -2.25. The number of ether oxygens (including phenoxy) is 3. The lowest BCUT2D eigenvalue weighted by molar-refractivity contribution is -0.145. The summed E-state index contributed by atoms with van der Waals surface area (Å²) < 4.78 is 56.5. The Hall–Kier alpha value is -2.78. The van der Waals surface area contributed by atoms with Gasteiger partial charge >= 0.3 is 24.2 Å². The van der Waals surface area contributed by atoms with Crippen molar-refractivity contribution in [2.24, 2.45) is 5.92 Å². The van der Waals surface area contributed by atoms with Crippen molar-refractivity contribution in [3.8, 4) is 0 Å². The summed E-state index contributed by atoms with van der Waals surface area (Å²) in [6, 6.07) is 3.29. The topological polar surface area (TPSA) is 82.1 Å². The molecule has 1 amide bonds. The van der Waals surface area contributed by atoms with Crippen molar-refractivity contribution in [1.82, 2.24) is 4.90 Å². The predicted octanol–water partition coefficient (Wildman–Crippen LogP) is 4.39. The van der Waals surface area contributed by atoms with E-state index in [0.717, 1.165) is 19.2 Å². The monoisotopic (exact) mass is 459 g/mol. The van der Waals surface area contributed by atoms with Gasteiger partial charge in [-0.25, -0.2) is 9.59 Å². The lowest BCUT2D eigenvalue weighted by Crippen LogP contribution is -2.36. The van der Waals surface area contributed by atoms with Crippen LogP contribution >= 0.6 is 0 Å². The van der Waals surface area contributed by atoms with Crippen LogP contribution in [0.25, 0.3) is 0 Å². The molecule has 10 heteroatoms. The number of nitrogens with zero attached hydrogens (tertiary/aromatic N) is 1. The highest BCUT2D eigenvalue weighted by Gasteiger charge is 2.46. The van der Waals surface area contributed by atoms with Gasteiger partial charge in [0.2, 0.25) is 0 Å². The van der Waals surface area contributed by atoms with E-state index in [1.165, 1.54) is 24.8 Å². The lowest BCUT2D eigenvalue weighted by atomic mass is 9.84. The number of hydrogen-bond acceptors (Lipinski definition) is 6. The van der Waals surface area contributed by atoms with E-state index in [-0.39, 0.29) is 18.7 Å². The van der Waals surface area contributed by atoms with E-state index in [2.05, 4.69) is 0 Å². The maximum absolute atomic E-state index is 13.7. The Morgan fingerprint density at radius 2 is 1.72 bits per heavy atom. The first-order valence-electron chi connectivity index (χ1n) is 10.1. The third kappa shape index (κ3) is 5.92. The first-order chi connectivity index (χ1) is 14.7. The highest BCUT2D eigenvalue weighted by molar-refractivity contribution is 5.94. The smallest absolute Gasteiger partial charge is 0.417 e. The molecule has 0 bridgehead atoms. The Morgan fingerprint density at radius 1 is 1.09 bits per heavy atom. The quantitative estimate of drug-likeness (QED) is 0.491. The Kier molecular flexibility index (Phi) is 7.47. The summed E-state index contributed by atoms with van der Waals surface area (Å²) in [6.45, 7) is 7.80. The van der Waals surface area contributed by atoms with Crippen molar-refractivity contribution in [3.63, 3.8) is 0 Å². The zero-order chi connectivity index (χ0) is 24.4. The molecule has 7 nitrogen and oxygen atoms in total. The van der Waals surface area contributed by atoms with Crippen LogP contribution in [0.1, 0.15) is 62.0 Å². The summed E-state index contributed by atoms with van der Waals surface area (Å²) in [7, 11) is 1.15. The van der Waals surface area contributed by atoms with Crippen LogP contribution in [-0.4, -0.2) is 54.8 Å². The van der Waals surface area contributed by atoms with Crippen LogP contribution in [-0.2, 0) is 25.2 Å². The second kappa shape index (κ2) is 9.38. The average molecular weight is 459 g/mol. The normalized spacial score (nSPS) is 19.1. The minimum atomic E-state index is -4.83. The van der Waals surface area contributed by atoms with Crippen LogP contribution < -0.4 is 0 Å². The second-order valence-electron chi connectivity index (χ2n) is 8.84. The van der Waals surface area contributed by atoms with Crippen LogP contribution in [0.3, 0.4) is 0 Å². The Morgan fingerprint density at radius 3 is 2.22 bits per heavy atom. The summed E-state index contributed by atoms with van der Waals surface area (Å²) in [4.78, 5) is 39.0. The van der Waals surface area contributed by atoms with Gasteiger partial charge in [-0.2, -0.15) is 13.2 Å². The van der Waals surface area contributed by atoms with Crippen molar-refractivity contribution in [3.05, 3.63) is 34.9 Å². The molecular weight excluding hydrogens is 431 g/mol. The average Bonchev–Trinajstić information content (AvgIpc) is 3.09. The summed E-state index contributed by atoms with van der Waals surface area (Å²) >= 11 is 0. The molecule has 0 aliphatic carbocycles. The van der Waals surface area contributed by atoms with Crippen LogP contribution in [0.4, 0.5) is 18.0 Å². The summed E-state index contributed by atoms with van der Waals surface area (Å²) in [5.74, 6) is -3.77. The molecule has 1 heterocycles. The molecule has 178 valence electrons. The number of carbonyl (C=O) groups is 3. The van der Waals surface area contributed by atoms with Gasteiger partial charge < -0.3 is 19.1 Å². The number of carbonyl (C=O) groups excluding carboxylic acids is 3. The number of methoxy groups -OCH3 is 1. The van der Waals surface area contributed by atoms with Crippen LogP contribution in [0.5, 0.6) is 0 Å². The predicted molar refractivity (Wildman–Crippen MR) is 108 cm³/mol. The molecule has 1 aromatic carbocycles. The fourth-order valence-corrected chi connectivity index (χ4v) is 3.60. The summed E-state index contributed by atoms with van der Waals surface area (Å²) in [5.41, 5.74) is -2.68. The number of likely N-dealkylation sites (tertiary alicyclic amines) is 1. The minimum absolute atomic E-state index is 0.0352. The number of amides is 1. The van der Waals surface area contributed by atoms with Gasteiger partial charge in [-0.3, -0.25) is 4.79 Å². The zero-order valence-corrected chi connectivity index (χ0v) is 18.9. The molecule has 1 fully saturated rings. The van der Waals surface area contributed by atoms with Crippen LogP contribution in [0.2, 0.25) is 0 Å². The number of benzene rings is 1. The first-order valence-corrected chi connectivity index (χ1v) is 10.1. The molecule has 1 saturated heterocycles. The van der Waals surface area contributed by atoms with Gasteiger partial charge in [0.15, 0.2) is 0 Å². The number of halogens is 3. The molecule has 0 spiro atoms. The molecule has 2 atom stereocenters. The number of esters is 2. The Bertz CT molecular complexity index is 875. The highest BCUT2D eigenvalue weighted by Crippen LogP contribution is 2.41. The summed E-state index contributed by atoms with van der Waals surface area (Å²) in [6.07, 6.45) is -6.20. The fourth-order valence-electron chi connectivity index (χ4n) is 3.60. The molecule has 1 aromatic rings. The van der Waals surface area contributed by atoms with Crippen molar-refractivity contribution < 1.29 is 41.8 Å². The SMILES string of the molecule is COC(=O)C1CN(C(=O)OC(C)(C)C)CC1c1cccc(C(F)(F)F)c1C(=O)OC(C)C. The van der Waals surface area contributed by atoms with E-state index in [0.29, 0.717) is 0 Å². The molecule has 0 N–H and O–H groups in total. The largest absolute Gasteiger partial charge is 0.469 e. The molecule has 32 heavy (non-hydrogen) atoms. The van der Waals surface area contributed by atoms with Gasteiger partial charge in [0.25, 0.3) is 0 Å². The third-order valence-electron chi connectivity index (χ3n) is 4.82. The number of alkyl halides is 3. The van der Waals surface area contributed by atoms with E-state index in [1.807, 2.05) is 0 Å². The van der Waals surface area contributed by atoms with E-state index < -0.39 is 58.9 Å². The van der Waals surface area contributed by atoms with Gasteiger partial charge in [-0.1, -0.05) is 12.1 Å². The van der Waals surface area contributed by atoms with Gasteiger partial charge in [-0.05, 0) is 46.2 Å². The van der Waals surface area contributed by atoms with E-state index >= 15 is 0 Å². The van der Waals surface area contributed by atoms with E-state index in [9.17, 15) is 27.6 Å². The Balaban J connectivity index is 2.58. The molecule has 0 aromatic heterocycles. The first kappa shape index (κ1) is 25.5. The van der Waals surface area contributed by atoms with E-state index in [4.69, 9.17) is 14.2 Å². The maximum Gasteiger partial charge on any atom is 0.417 e. The molecule has 0 saturated carbocycles. The van der Waals surface area contributed by atoms with Gasteiger partial charge in [0.05, 0.1) is 30.3 Å². The molecule has 1 aliphatic rings. The van der Waals surface area contributed by atoms with Gasteiger partial charge in [0.1, 0.15) is 5.60 Å². The molecule has 2 unspecified atom stereocenters. The van der Waals surface area contributed by atoms with Crippen molar-refractivity contribution in [1.29, 1.82) is 0 Å². The number of rotatable bonds is 4. The standard InChI is InChI=1S/C22H28F3NO6/c1-12(2)31-19(28)17-13(8-7-9-16(17)22(23,24)25)14-10-26(11-15(14)18(27)30-6)20(29)32-21(3,4)5/h7-9,12,14-15H,10-11H2,1-6H3. The fraction of sp³-hybridized carbons (Fsp3) is 0.591. The van der Waals surface area contributed by atoms with Crippen LogP contribution in [0.15, 0.2) is 18.2 Å². The Labute approximate surface area is 184 Å². The van der Waals surface area contributed by atoms with Crippen molar-refractivity contribution in [2.75, 3.05) is 20.2 Å². The van der Waals surface area contributed by atoms with Crippen LogP contribution in [0, 0.1) is 5.92 Å². The van der Waals surface area contributed by atoms with Gasteiger partial charge in [-0.15, -0.1) is 0 Å². The third-order valence-corrected chi connectivity index (χ3v) is 4.82. The van der Waals surface area contributed by atoms with Crippen molar-refractivity contribution >= 4 is 18.0 Å². The zero-order valence-electron chi connectivity index (χ0n) is 18.9. The number of hydrogen-bond donors (Lipinski definition) is 0. The van der Waals surface area contributed by atoms with Crippen molar-refractivity contribution in [2.45, 2.75) is 58.4 Å². The highest BCUT2D eigenvalue weighted by atomic mass is 19.4.